The molecule has 1 aliphatic carbocycles. The summed E-state index contributed by atoms with van der Waals surface area (Å²) in [4.78, 5) is 5.86. The number of para-hydroxylation sites is 1. The van der Waals surface area contributed by atoms with Crippen LogP contribution >= 0.6 is 12.2 Å². The Morgan fingerprint density at radius 3 is 2.59 bits per heavy atom. The Morgan fingerprint density at radius 2 is 1.83 bits per heavy atom. The first kappa shape index (κ1) is 20.0. The van der Waals surface area contributed by atoms with Gasteiger partial charge in [-0.25, -0.2) is 0 Å². The van der Waals surface area contributed by atoms with Crippen molar-refractivity contribution in [1.82, 2.24) is 9.88 Å². The number of aromatic nitrogens is 1. The molecule has 1 aliphatic rings. The summed E-state index contributed by atoms with van der Waals surface area (Å²) in [5, 5.41) is 5.70. The van der Waals surface area contributed by atoms with Crippen LogP contribution in [0.15, 0.2) is 48.7 Å². The minimum absolute atomic E-state index is 0.497. The van der Waals surface area contributed by atoms with E-state index in [0.717, 1.165) is 17.3 Å². The Hall–Kier alpha value is -2.33. The Morgan fingerprint density at radius 1 is 1.07 bits per heavy atom. The van der Waals surface area contributed by atoms with Gasteiger partial charge in [0.05, 0.1) is 0 Å². The molecule has 1 heterocycles. The third kappa shape index (κ3) is 4.64. The summed E-state index contributed by atoms with van der Waals surface area (Å²) < 4.78 is 0. The van der Waals surface area contributed by atoms with Crippen LogP contribution in [0.1, 0.15) is 55.2 Å². The summed E-state index contributed by atoms with van der Waals surface area (Å²) in [5.41, 5.74) is 6.13. The zero-order valence-electron chi connectivity index (χ0n) is 17.5. The van der Waals surface area contributed by atoms with E-state index in [1.165, 1.54) is 66.1 Å². The van der Waals surface area contributed by atoms with Gasteiger partial charge in [0.2, 0.25) is 0 Å². The van der Waals surface area contributed by atoms with Crippen LogP contribution in [0.2, 0.25) is 0 Å². The van der Waals surface area contributed by atoms with Gasteiger partial charge in [0.1, 0.15) is 0 Å². The molecule has 29 heavy (non-hydrogen) atoms. The average molecular weight is 406 g/mol. The normalized spacial score (nSPS) is 15.2. The van der Waals surface area contributed by atoms with E-state index in [-0.39, 0.29) is 0 Å². The van der Waals surface area contributed by atoms with Gasteiger partial charge in [-0.15, -0.1) is 0 Å². The minimum atomic E-state index is 0.497. The lowest BCUT2D eigenvalue weighted by atomic mass is 10.1. The first-order valence-electron chi connectivity index (χ1n) is 10.8. The molecule has 0 saturated heterocycles. The van der Waals surface area contributed by atoms with Crippen molar-refractivity contribution in [3.05, 3.63) is 65.4 Å². The first-order valence-corrected chi connectivity index (χ1v) is 11.2. The summed E-state index contributed by atoms with van der Waals surface area (Å²) in [6.07, 6.45) is 9.86. The van der Waals surface area contributed by atoms with Crippen LogP contribution in [0.25, 0.3) is 10.9 Å². The maximum Gasteiger partial charge on any atom is 0.173 e. The summed E-state index contributed by atoms with van der Waals surface area (Å²) >= 11 is 5.98. The number of anilines is 1. The molecule has 152 valence electrons. The smallest absolute Gasteiger partial charge is 0.173 e. The molecule has 0 bridgehead atoms. The van der Waals surface area contributed by atoms with Crippen LogP contribution in [-0.4, -0.2) is 21.0 Å². The molecule has 3 aromatic rings. The number of hydrogen-bond acceptors (Lipinski definition) is 1. The van der Waals surface area contributed by atoms with Gasteiger partial charge in [-0.2, -0.15) is 0 Å². The lowest BCUT2D eigenvalue weighted by molar-refractivity contribution is 0.281. The number of H-pyrrole nitrogens is 1. The Balaban J connectivity index is 1.61. The number of aryl methyl sites for hydroxylation is 2. The molecule has 4 rings (SSSR count). The molecule has 1 aromatic heterocycles. The maximum absolute atomic E-state index is 5.98. The van der Waals surface area contributed by atoms with E-state index < -0.39 is 0 Å². The highest BCUT2D eigenvalue weighted by Crippen LogP contribution is 2.27. The minimum Gasteiger partial charge on any atom is -0.361 e. The number of hydrogen-bond donors (Lipinski definition) is 2. The predicted molar refractivity (Wildman–Crippen MR) is 127 cm³/mol. The van der Waals surface area contributed by atoms with E-state index >= 15 is 0 Å². The van der Waals surface area contributed by atoms with E-state index in [9.17, 15) is 0 Å². The molecule has 2 N–H and O–H groups in total. The molecule has 0 unspecified atom stereocenters. The van der Waals surface area contributed by atoms with Gasteiger partial charge in [-0.3, -0.25) is 0 Å². The first-order chi connectivity index (χ1) is 14.1. The molecule has 1 fully saturated rings. The zero-order valence-corrected chi connectivity index (χ0v) is 18.3. The van der Waals surface area contributed by atoms with Crippen molar-refractivity contribution in [1.29, 1.82) is 0 Å². The third-order valence-electron chi connectivity index (χ3n) is 6.17. The van der Waals surface area contributed by atoms with Crippen LogP contribution in [0.3, 0.4) is 0 Å². The summed E-state index contributed by atoms with van der Waals surface area (Å²) in [7, 11) is 0. The van der Waals surface area contributed by atoms with Gasteiger partial charge in [-0.1, -0.05) is 61.6 Å². The van der Waals surface area contributed by atoms with E-state index in [4.69, 9.17) is 12.2 Å². The van der Waals surface area contributed by atoms with Gasteiger partial charge < -0.3 is 15.2 Å². The second kappa shape index (κ2) is 9.00. The quantitative estimate of drug-likeness (QED) is 0.374. The largest absolute Gasteiger partial charge is 0.361 e. The second-order valence-electron chi connectivity index (χ2n) is 8.38. The number of nitrogens with one attached hydrogen (secondary N) is 2. The van der Waals surface area contributed by atoms with Crippen molar-refractivity contribution in [3.8, 4) is 0 Å². The van der Waals surface area contributed by atoms with Crippen molar-refractivity contribution in [2.24, 2.45) is 0 Å². The summed E-state index contributed by atoms with van der Waals surface area (Å²) in [6, 6.07) is 15.5. The van der Waals surface area contributed by atoms with Crippen molar-refractivity contribution in [2.75, 3.05) is 5.32 Å². The van der Waals surface area contributed by atoms with E-state index in [1.54, 1.807) is 0 Å². The lowest BCUT2D eigenvalue weighted by Gasteiger charge is -2.34. The van der Waals surface area contributed by atoms with Crippen molar-refractivity contribution in [2.45, 2.75) is 65.0 Å². The standard InChI is InChI=1S/C25H31N3S/c1-18-13-14-23(19(2)15-18)27-25(29)28(21-9-5-3-4-6-10-21)17-20-16-26-24-12-8-7-11-22(20)24/h7-8,11-16,21,26H,3-6,9-10,17H2,1-2H3,(H,27,29). The molecule has 3 nitrogen and oxygen atoms in total. The molecule has 4 heteroatoms. The highest BCUT2D eigenvalue weighted by Gasteiger charge is 2.24. The molecule has 0 aliphatic heterocycles. The SMILES string of the molecule is Cc1ccc(NC(=S)N(Cc2c[nH]c3ccccc23)C2CCCCCC2)c(C)c1. The van der Waals surface area contributed by atoms with Crippen LogP contribution in [0.4, 0.5) is 5.69 Å². The van der Waals surface area contributed by atoms with Crippen LogP contribution in [0.5, 0.6) is 0 Å². The number of fused-ring (bicyclic) bond motifs is 1. The molecule has 0 radical (unpaired) electrons. The van der Waals surface area contributed by atoms with Gasteiger partial charge in [0.15, 0.2) is 5.11 Å². The fourth-order valence-corrected chi connectivity index (χ4v) is 4.85. The van der Waals surface area contributed by atoms with Crippen LogP contribution in [-0.2, 0) is 6.54 Å². The van der Waals surface area contributed by atoms with E-state index in [2.05, 4.69) is 77.7 Å². The average Bonchev–Trinajstić information content (AvgIpc) is 2.93. The van der Waals surface area contributed by atoms with Crippen LogP contribution in [0, 0.1) is 13.8 Å². The zero-order chi connectivity index (χ0) is 20.2. The summed E-state index contributed by atoms with van der Waals surface area (Å²) in [5.74, 6) is 0. The number of thiocarbonyl (C=S) groups is 1. The highest BCUT2D eigenvalue weighted by molar-refractivity contribution is 7.80. The molecular weight excluding hydrogens is 374 g/mol. The number of nitrogens with zero attached hydrogens (tertiary/aromatic N) is 1. The molecule has 0 atom stereocenters. The molecule has 0 amide bonds. The number of aromatic amines is 1. The van der Waals surface area contributed by atoms with Gasteiger partial charge in [0, 0.05) is 35.4 Å². The third-order valence-corrected chi connectivity index (χ3v) is 6.50. The van der Waals surface area contributed by atoms with Crippen molar-refractivity contribution in [3.63, 3.8) is 0 Å². The highest BCUT2D eigenvalue weighted by atomic mass is 32.1. The molecule has 0 spiro atoms. The Kier molecular flexibility index (Phi) is 6.19. The van der Waals surface area contributed by atoms with Crippen molar-refractivity contribution < 1.29 is 0 Å². The van der Waals surface area contributed by atoms with Gasteiger partial charge in [0.25, 0.3) is 0 Å². The van der Waals surface area contributed by atoms with Crippen molar-refractivity contribution >= 4 is 33.9 Å². The van der Waals surface area contributed by atoms with E-state index in [1.807, 2.05) is 0 Å². The number of benzene rings is 2. The molecule has 2 aromatic carbocycles. The fraction of sp³-hybridized carbons (Fsp3) is 0.400. The topological polar surface area (TPSA) is 31.1 Å². The summed E-state index contributed by atoms with van der Waals surface area (Å²) in [6.45, 7) is 5.11. The van der Waals surface area contributed by atoms with E-state index in [0.29, 0.717) is 6.04 Å². The van der Waals surface area contributed by atoms with Gasteiger partial charge >= 0.3 is 0 Å². The van der Waals surface area contributed by atoms with Crippen LogP contribution < -0.4 is 5.32 Å². The second-order valence-corrected chi connectivity index (χ2v) is 8.77. The fourth-order valence-electron chi connectivity index (χ4n) is 4.52. The van der Waals surface area contributed by atoms with Gasteiger partial charge in [-0.05, 0) is 62.2 Å². The monoisotopic (exact) mass is 405 g/mol. The maximum atomic E-state index is 5.98. The Bertz CT molecular complexity index is 983. The lowest BCUT2D eigenvalue weighted by Crippen LogP contribution is -2.42. The molecular formula is C25H31N3S. The Labute approximate surface area is 179 Å². The predicted octanol–water partition coefficient (Wildman–Crippen LogP) is 6.71. The molecule has 1 saturated carbocycles. The number of rotatable bonds is 4.